The molecule has 1 unspecified atom stereocenters. The lowest BCUT2D eigenvalue weighted by molar-refractivity contribution is -0.311. The van der Waals surface area contributed by atoms with E-state index < -0.39 is 62.5 Å². The Bertz CT molecular complexity index is 864. The van der Waals surface area contributed by atoms with Crippen LogP contribution in [-0.2, 0) is 33.3 Å². The Labute approximate surface area is 206 Å². The summed E-state index contributed by atoms with van der Waals surface area (Å²) in [6, 6.07) is 8.98. The fraction of sp³-hybridized carbons (Fsp3) is 0.667. The average molecular weight is 512 g/mol. The van der Waals surface area contributed by atoms with Crippen molar-refractivity contribution in [3.8, 4) is 0 Å². The van der Waals surface area contributed by atoms with E-state index in [0.29, 0.717) is 0 Å². The molecule has 2 aliphatic heterocycles. The molecule has 1 amide bonds. The van der Waals surface area contributed by atoms with Crippen molar-refractivity contribution in [2.24, 2.45) is 0 Å². The maximum atomic E-state index is 12.8. The minimum absolute atomic E-state index is 0.0468. The van der Waals surface area contributed by atoms with E-state index in [0.717, 1.165) is 11.6 Å². The Morgan fingerprint density at radius 1 is 1.26 bits per heavy atom. The lowest BCUT2D eigenvalue weighted by Crippen LogP contribution is -2.68. The maximum absolute atomic E-state index is 12.8. The van der Waals surface area contributed by atoms with E-state index in [2.05, 4.69) is 25.0 Å². The lowest BCUT2D eigenvalue weighted by atomic mass is 9.88. The standard InChI is InChI=1S/C24H37NO9Si/c1-15(26)25-19-17(27)13-24(23(29)30-2,32-11-12-35(3,4)5)34-21(19)20(28)18-14-31-22(33-18)16-9-7-6-8-10-16/h6-10,17-22,27-28H,11-14H2,1-5H3,(H,25,26)/t17-,18+,19+,20+,21+,22?,24+/m0/s1. The molecule has 2 fully saturated rings. The molecular formula is C24H37NO9Si. The van der Waals surface area contributed by atoms with Crippen LogP contribution in [0.5, 0.6) is 0 Å². The second kappa shape index (κ2) is 11.5. The van der Waals surface area contributed by atoms with Gasteiger partial charge in [-0.3, -0.25) is 4.79 Å². The van der Waals surface area contributed by atoms with Gasteiger partial charge in [0.2, 0.25) is 5.91 Å². The van der Waals surface area contributed by atoms with E-state index in [4.69, 9.17) is 23.7 Å². The molecule has 1 aromatic carbocycles. The Hall–Kier alpha value is -1.86. The zero-order valence-corrected chi connectivity index (χ0v) is 21.9. The predicted molar refractivity (Wildman–Crippen MR) is 128 cm³/mol. The molecule has 35 heavy (non-hydrogen) atoms. The average Bonchev–Trinajstić information content (AvgIpc) is 3.29. The number of carbonyl (C=O) groups excluding carboxylic acids is 2. The van der Waals surface area contributed by atoms with Gasteiger partial charge in [0.1, 0.15) is 18.3 Å². The molecule has 196 valence electrons. The van der Waals surface area contributed by atoms with Gasteiger partial charge in [-0.2, -0.15) is 0 Å². The van der Waals surface area contributed by atoms with Crippen molar-refractivity contribution in [2.45, 2.75) is 81.6 Å². The van der Waals surface area contributed by atoms with Crippen LogP contribution in [-0.4, -0.2) is 86.7 Å². The summed E-state index contributed by atoms with van der Waals surface area (Å²) < 4.78 is 28.7. The summed E-state index contributed by atoms with van der Waals surface area (Å²) in [4.78, 5) is 24.7. The van der Waals surface area contributed by atoms with E-state index in [-0.39, 0.29) is 19.6 Å². The smallest absolute Gasteiger partial charge is 0.366 e. The van der Waals surface area contributed by atoms with Gasteiger partial charge in [-0.05, 0) is 6.04 Å². The molecule has 0 radical (unpaired) electrons. The first-order valence-electron chi connectivity index (χ1n) is 11.8. The number of rotatable bonds is 9. The van der Waals surface area contributed by atoms with Crippen molar-refractivity contribution in [1.82, 2.24) is 5.32 Å². The number of aliphatic hydroxyl groups is 2. The van der Waals surface area contributed by atoms with E-state index in [1.165, 1.54) is 14.0 Å². The minimum atomic E-state index is -1.94. The fourth-order valence-corrected chi connectivity index (χ4v) is 4.93. The molecule has 0 bridgehead atoms. The second-order valence-electron chi connectivity index (χ2n) is 10.2. The minimum Gasteiger partial charge on any atom is -0.465 e. The summed E-state index contributed by atoms with van der Waals surface area (Å²) in [6.45, 7) is 8.05. The predicted octanol–water partition coefficient (Wildman–Crippen LogP) is 1.34. The normalized spacial score (nSPS) is 32.1. The van der Waals surface area contributed by atoms with Crippen LogP contribution in [0.25, 0.3) is 0 Å². The molecule has 1 aromatic rings. The van der Waals surface area contributed by atoms with E-state index in [1.807, 2.05) is 30.3 Å². The van der Waals surface area contributed by atoms with Crippen molar-refractivity contribution in [3.05, 3.63) is 35.9 Å². The summed E-state index contributed by atoms with van der Waals surface area (Å²) in [5, 5.41) is 24.9. The first kappa shape index (κ1) is 27.7. The number of aliphatic hydroxyl groups excluding tert-OH is 2. The quantitative estimate of drug-likeness (QED) is 0.332. The van der Waals surface area contributed by atoms with Gasteiger partial charge in [0, 0.05) is 33.6 Å². The highest BCUT2D eigenvalue weighted by molar-refractivity contribution is 6.76. The highest BCUT2D eigenvalue weighted by Gasteiger charge is 2.57. The number of hydrogen-bond donors (Lipinski definition) is 3. The lowest BCUT2D eigenvalue weighted by Gasteiger charge is -2.47. The Kier molecular flexibility index (Phi) is 9.08. The van der Waals surface area contributed by atoms with Crippen LogP contribution in [0.2, 0.25) is 25.7 Å². The number of amides is 1. The molecule has 0 spiro atoms. The van der Waals surface area contributed by atoms with Crippen molar-refractivity contribution in [3.63, 3.8) is 0 Å². The van der Waals surface area contributed by atoms with E-state index >= 15 is 0 Å². The summed E-state index contributed by atoms with van der Waals surface area (Å²) in [5.74, 6) is -3.19. The van der Waals surface area contributed by atoms with Crippen LogP contribution >= 0.6 is 0 Å². The second-order valence-corrected chi connectivity index (χ2v) is 15.8. The summed E-state index contributed by atoms with van der Waals surface area (Å²) in [5.41, 5.74) is 0.781. The number of ether oxygens (including phenoxy) is 5. The number of methoxy groups -OCH3 is 1. The van der Waals surface area contributed by atoms with Crippen LogP contribution in [0.4, 0.5) is 0 Å². The summed E-state index contributed by atoms with van der Waals surface area (Å²) in [7, 11) is -0.310. The monoisotopic (exact) mass is 511 g/mol. The molecule has 11 heteroatoms. The Morgan fingerprint density at radius 2 is 1.94 bits per heavy atom. The van der Waals surface area contributed by atoms with Gasteiger partial charge in [-0.15, -0.1) is 0 Å². The number of esters is 1. The van der Waals surface area contributed by atoms with Gasteiger partial charge >= 0.3 is 5.97 Å². The molecule has 2 aliphatic rings. The molecular weight excluding hydrogens is 474 g/mol. The fourth-order valence-electron chi connectivity index (χ4n) is 4.21. The number of benzene rings is 1. The molecule has 0 saturated carbocycles. The maximum Gasteiger partial charge on any atom is 0.366 e. The van der Waals surface area contributed by atoms with E-state index in [1.54, 1.807) is 0 Å². The summed E-state index contributed by atoms with van der Waals surface area (Å²) >= 11 is 0. The molecule has 0 aliphatic carbocycles. The Balaban J connectivity index is 1.84. The molecule has 7 atom stereocenters. The topological polar surface area (TPSA) is 133 Å². The molecule has 3 N–H and O–H groups in total. The van der Waals surface area contributed by atoms with Crippen molar-refractivity contribution in [1.29, 1.82) is 0 Å². The number of nitrogens with one attached hydrogen (secondary N) is 1. The van der Waals surface area contributed by atoms with Gasteiger partial charge < -0.3 is 39.2 Å². The first-order valence-corrected chi connectivity index (χ1v) is 15.5. The van der Waals surface area contributed by atoms with Crippen LogP contribution < -0.4 is 5.32 Å². The van der Waals surface area contributed by atoms with Crippen molar-refractivity contribution in [2.75, 3.05) is 20.3 Å². The zero-order valence-electron chi connectivity index (χ0n) is 20.9. The van der Waals surface area contributed by atoms with Gasteiger partial charge in [0.15, 0.2) is 6.29 Å². The van der Waals surface area contributed by atoms with E-state index in [9.17, 15) is 19.8 Å². The van der Waals surface area contributed by atoms with Crippen LogP contribution in [0, 0.1) is 0 Å². The SMILES string of the molecule is COC(=O)[C@@]1(OCC[Si](C)(C)C)C[C@H](O)[C@@H](NC(C)=O)[C@H]([C@H](O)[C@H]2COC(c3ccccc3)O2)O1. The van der Waals surface area contributed by atoms with Crippen LogP contribution in [0.3, 0.4) is 0 Å². The third kappa shape index (κ3) is 6.88. The largest absolute Gasteiger partial charge is 0.465 e. The third-order valence-corrected chi connectivity index (χ3v) is 7.83. The highest BCUT2D eigenvalue weighted by Crippen LogP contribution is 2.37. The van der Waals surface area contributed by atoms with Crippen LogP contribution in [0.15, 0.2) is 30.3 Å². The Morgan fingerprint density at radius 3 is 2.54 bits per heavy atom. The molecule has 2 saturated heterocycles. The third-order valence-electron chi connectivity index (χ3n) is 6.13. The van der Waals surface area contributed by atoms with Gasteiger partial charge in [0.05, 0.1) is 25.9 Å². The number of hydrogen-bond acceptors (Lipinski definition) is 9. The molecule has 2 heterocycles. The zero-order chi connectivity index (χ0) is 25.8. The summed E-state index contributed by atoms with van der Waals surface area (Å²) in [6.07, 6.45) is -5.66. The first-order chi connectivity index (χ1) is 16.5. The molecule has 10 nitrogen and oxygen atoms in total. The van der Waals surface area contributed by atoms with Gasteiger partial charge in [-0.1, -0.05) is 50.0 Å². The van der Waals surface area contributed by atoms with Crippen LogP contribution in [0.1, 0.15) is 25.2 Å². The highest BCUT2D eigenvalue weighted by atomic mass is 28.3. The molecule has 0 aromatic heterocycles. The van der Waals surface area contributed by atoms with Gasteiger partial charge in [-0.25, -0.2) is 4.79 Å². The van der Waals surface area contributed by atoms with Crippen molar-refractivity contribution >= 4 is 20.0 Å². The number of carbonyl (C=O) groups is 2. The molecule has 3 rings (SSSR count). The van der Waals surface area contributed by atoms with Gasteiger partial charge in [0.25, 0.3) is 5.79 Å². The van der Waals surface area contributed by atoms with Crippen molar-refractivity contribution < 1.29 is 43.5 Å².